The van der Waals surface area contributed by atoms with Gasteiger partial charge in [0.15, 0.2) is 0 Å². The van der Waals surface area contributed by atoms with Crippen LogP contribution in [0.3, 0.4) is 0 Å². The van der Waals surface area contributed by atoms with Crippen LogP contribution in [0.25, 0.3) is 0 Å². The lowest BCUT2D eigenvalue weighted by molar-refractivity contribution is -0.147. The maximum Gasteiger partial charge on any atom is 0.327 e. The third-order valence-electron chi connectivity index (χ3n) is 5.47. The Labute approximate surface area is 193 Å². The summed E-state index contributed by atoms with van der Waals surface area (Å²) in [5.41, 5.74) is 3.53. The van der Waals surface area contributed by atoms with Crippen LogP contribution in [0.1, 0.15) is 30.0 Å². The number of rotatable bonds is 7. The van der Waals surface area contributed by atoms with Gasteiger partial charge < -0.3 is 15.0 Å². The highest BCUT2D eigenvalue weighted by Crippen LogP contribution is 2.29. The molecule has 0 bridgehead atoms. The van der Waals surface area contributed by atoms with Crippen LogP contribution < -0.4 is 10.2 Å². The lowest BCUT2D eigenvalue weighted by atomic mass is 10.1. The number of aryl methyl sites for hydroxylation is 1. The first-order valence-electron chi connectivity index (χ1n) is 10.2. The van der Waals surface area contributed by atoms with Crippen LogP contribution in [0.5, 0.6) is 0 Å². The number of hydrogen-bond acceptors (Lipinski definition) is 5. The number of esters is 1. The fourth-order valence-electron chi connectivity index (χ4n) is 3.83. The number of hydrogen-bond donors (Lipinski definition) is 1. The van der Waals surface area contributed by atoms with Gasteiger partial charge in [0, 0.05) is 24.5 Å². The van der Waals surface area contributed by atoms with Crippen LogP contribution in [0, 0.1) is 6.92 Å². The number of amides is 1. The Morgan fingerprint density at radius 2 is 1.84 bits per heavy atom. The molecular weight excluding hydrogens is 437 g/mol. The van der Waals surface area contributed by atoms with E-state index in [1.54, 1.807) is 30.1 Å². The Kier molecular flexibility index (Phi) is 7.81. The SMILES string of the molecule is COC(=O)[C@H](c1ccc(Cl)c(Cl)c1)N(C)CC(=O)Nc1ccc(N2CCCC2)cc1C. The average Bonchev–Trinajstić information content (AvgIpc) is 3.27. The Morgan fingerprint density at radius 3 is 2.45 bits per heavy atom. The Bertz CT molecular complexity index is 961. The van der Waals surface area contributed by atoms with Crippen LogP contribution in [-0.4, -0.2) is 50.6 Å². The quantitative estimate of drug-likeness (QED) is 0.603. The van der Waals surface area contributed by atoms with E-state index < -0.39 is 12.0 Å². The first-order chi connectivity index (χ1) is 14.8. The highest BCUT2D eigenvalue weighted by Gasteiger charge is 2.28. The van der Waals surface area contributed by atoms with Crippen molar-refractivity contribution in [2.45, 2.75) is 25.8 Å². The van der Waals surface area contributed by atoms with Gasteiger partial charge in [-0.05, 0) is 68.3 Å². The fraction of sp³-hybridized carbons (Fsp3) is 0.391. The molecule has 0 saturated carbocycles. The monoisotopic (exact) mass is 463 g/mol. The molecule has 1 aliphatic heterocycles. The van der Waals surface area contributed by atoms with Crippen molar-refractivity contribution < 1.29 is 14.3 Å². The third kappa shape index (κ3) is 5.70. The molecule has 166 valence electrons. The van der Waals surface area contributed by atoms with Crippen molar-refractivity contribution in [2.75, 3.05) is 44.0 Å². The molecule has 0 aliphatic carbocycles. The standard InChI is InChI=1S/C23H27Cl2N3O3/c1-15-12-17(28-10-4-5-11-28)7-9-20(15)26-21(29)14-27(2)22(23(30)31-3)16-6-8-18(24)19(25)13-16/h6-9,12-13,22H,4-5,10-11,14H2,1-3H3,(H,26,29)/t22-/m0/s1. The van der Waals surface area contributed by atoms with E-state index >= 15 is 0 Å². The second kappa shape index (κ2) is 10.4. The minimum Gasteiger partial charge on any atom is -0.468 e. The van der Waals surface area contributed by atoms with E-state index in [4.69, 9.17) is 27.9 Å². The number of anilines is 2. The summed E-state index contributed by atoms with van der Waals surface area (Å²) in [5.74, 6) is -0.715. The maximum atomic E-state index is 12.7. The summed E-state index contributed by atoms with van der Waals surface area (Å²) < 4.78 is 4.95. The van der Waals surface area contributed by atoms with Crippen LogP contribution in [0.4, 0.5) is 11.4 Å². The van der Waals surface area contributed by atoms with Crippen molar-refractivity contribution in [2.24, 2.45) is 0 Å². The molecule has 0 spiro atoms. The van der Waals surface area contributed by atoms with Gasteiger partial charge in [-0.2, -0.15) is 0 Å². The zero-order chi connectivity index (χ0) is 22.5. The van der Waals surface area contributed by atoms with Gasteiger partial charge in [0.25, 0.3) is 0 Å². The van der Waals surface area contributed by atoms with Crippen LogP contribution in [0.2, 0.25) is 10.0 Å². The van der Waals surface area contributed by atoms with E-state index in [9.17, 15) is 9.59 Å². The van der Waals surface area contributed by atoms with Crippen LogP contribution >= 0.6 is 23.2 Å². The van der Waals surface area contributed by atoms with Crippen molar-refractivity contribution in [1.29, 1.82) is 0 Å². The molecular formula is C23H27Cl2N3O3. The zero-order valence-corrected chi connectivity index (χ0v) is 19.5. The summed E-state index contributed by atoms with van der Waals surface area (Å²) in [6, 6.07) is 10.2. The van der Waals surface area contributed by atoms with E-state index in [2.05, 4.69) is 16.3 Å². The van der Waals surface area contributed by atoms with Crippen molar-refractivity contribution in [3.05, 3.63) is 57.6 Å². The van der Waals surface area contributed by atoms with Gasteiger partial charge >= 0.3 is 5.97 Å². The molecule has 2 aromatic rings. The number of methoxy groups -OCH3 is 1. The molecule has 1 heterocycles. The molecule has 1 N–H and O–H groups in total. The number of likely N-dealkylation sites (N-methyl/N-ethyl adjacent to an activating group) is 1. The second-order valence-corrected chi connectivity index (χ2v) is 8.57. The highest BCUT2D eigenvalue weighted by atomic mass is 35.5. The van der Waals surface area contributed by atoms with Gasteiger partial charge in [-0.25, -0.2) is 4.79 Å². The van der Waals surface area contributed by atoms with Gasteiger partial charge in [0.05, 0.1) is 23.7 Å². The lowest BCUT2D eigenvalue weighted by Crippen LogP contribution is -2.37. The first-order valence-corrected chi connectivity index (χ1v) is 10.9. The van der Waals surface area contributed by atoms with Crippen molar-refractivity contribution >= 4 is 46.5 Å². The van der Waals surface area contributed by atoms with Crippen LogP contribution in [0.15, 0.2) is 36.4 Å². The van der Waals surface area contributed by atoms with Gasteiger partial charge in [-0.3, -0.25) is 9.69 Å². The van der Waals surface area contributed by atoms with Gasteiger partial charge in [0.2, 0.25) is 5.91 Å². The van der Waals surface area contributed by atoms with Gasteiger partial charge in [-0.1, -0.05) is 29.3 Å². The highest BCUT2D eigenvalue weighted by molar-refractivity contribution is 6.42. The van der Waals surface area contributed by atoms with E-state index in [1.807, 2.05) is 19.1 Å². The molecule has 0 aromatic heterocycles. The molecule has 1 aliphatic rings. The fourth-order valence-corrected chi connectivity index (χ4v) is 4.14. The van der Waals surface area contributed by atoms with Crippen LogP contribution in [-0.2, 0) is 14.3 Å². The minimum absolute atomic E-state index is 0.00662. The van der Waals surface area contributed by atoms with E-state index in [0.717, 1.165) is 24.3 Å². The molecule has 1 atom stereocenters. The topological polar surface area (TPSA) is 61.9 Å². The number of carbonyl (C=O) groups is 2. The number of halogens is 2. The largest absolute Gasteiger partial charge is 0.468 e. The third-order valence-corrected chi connectivity index (χ3v) is 6.21. The van der Waals surface area contributed by atoms with Gasteiger partial charge in [0.1, 0.15) is 6.04 Å². The zero-order valence-electron chi connectivity index (χ0n) is 18.0. The smallest absolute Gasteiger partial charge is 0.327 e. The summed E-state index contributed by atoms with van der Waals surface area (Å²) in [4.78, 5) is 29.1. The van der Waals surface area contributed by atoms with Gasteiger partial charge in [-0.15, -0.1) is 0 Å². The van der Waals surface area contributed by atoms with Crippen molar-refractivity contribution in [1.82, 2.24) is 4.90 Å². The Hall–Kier alpha value is -2.28. The molecule has 1 saturated heterocycles. The number of nitrogens with one attached hydrogen (secondary N) is 1. The maximum absolute atomic E-state index is 12.7. The molecule has 0 radical (unpaired) electrons. The molecule has 1 fully saturated rings. The van der Waals surface area contributed by atoms with E-state index in [-0.39, 0.29) is 12.5 Å². The molecule has 8 heteroatoms. The predicted molar refractivity (Wildman–Crippen MR) is 125 cm³/mol. The Balaban J connectivity index is 1.70. The normalized spacial score (nSPS) is 14.6. The summed E-state index contributed by atoms with van der Waals surface area (Å²) in [7, 11) is 3.00. The molecule has 0 unspecified atom stereocenters. The summed E-state index contributed by atoms with van der Waals surface area (Å²) in [6.45, 7) is 4.11. The Morgan fingerprint density at radius 1 is 1.13 bits per heavy atom. The lowest BCUT2D eigenvalue weighted by Gasteiger charge is -2.26. The molecule has 2 aromatic carbocycles. The summed E-state index contributed by atoms with van der Waals surface area (Å²) >= 11 is 12.1. The minimum atomic E-state index is -0.788. The number of benzene rings is 2. The molecule has 6 nitrogen and oxygen atoms in total. The number of nitrogens with zero attached hydrogens (tertiary/aromatic N) is 2. The van der Waals surface area contributed by atoms with Crippen molar-refractivity contribution in [3.8, 4) is 0 Å². The average molecular weight is 464 g/mol. The van der Waals surface area contributed by atoms with E-state index in [1.165, 1.54) is 25.6 Å². The first kappa shape index (κ1) is 23.4. The summed E-state index contributed by atoms with van der Waals surface area (Å²) in [5, 5.41) is 3.67. The number of carbonyl (C=O) groups excluding carboxylic acids is 2. The molecule has 1 amide bonds. The molecule has 3 rings (SSSR count). The second-order valence-electron chi connectivity index (χ2n) is 7.76. The molecule has 31 heavy (non-hydrogen) atoms. The predicted octanol–water partition coefficient (Wildman–Crippen LogP) is 4.69. The number of ether oxygens (including phenoxy) is 1. The van der Waals surface area contributed by atoms with E-state index in [0.29, 0.717) is 15.6 Å². The van der Waals surface area contributed by atoms with Crippen molar-refractivity contribution in [3.63, 3.8) is 0 Å². The summed E-state index contributed by atoms with van der Waals surface area (Å²) in [6.07, 6.45) is 2.42.